The Hall–Kier alpha value is -2.75. The van der Waals surface area contributed by atoms with Gasteiger partial charge in [-0.05, 0) is 45.0 Å². The van der Waals surface area contributed by atoms with Crippen LogP contribution in [0.5, 0.6) is 5.75 Å². The minimum absolute atomic E-state index is 0.0484. The van der Waals surface area contributed by atoms with E-state index < -0.39 is 13.9 Å². The molecule has 30 heavy (non-hydrogen) atoms. The number of nitrogens with zero attached hydrogens (tertiary/aromatic N) is 1. The Kier molecular flexibility index (Phi) is 4.72. The summed E-state index contributed by atoms with van der Waals surface area (Å²) in [6, 6.07) is 10.7. The van der Waals surface area contributed by atoms with Crippen LogP contribution in [0.3, 0.4) is 0 Å². The highest BCUT2D eigenvalue weighted by molar-refractivity contribution is 6.69. The lowest BCUT2D eigenvalue weighted by atomic mass is 9.68. The molecule has 6 heteroatoms. The van der Waals surface area contributed by atoms with Gasteiger partial charge in [0.15, 0.2) is 25.5 Å². The van der Waals surface area contributed by atoms with Crippen LogP contribution in [-0.4, -0.2) is 25.0 Å². The van der Waals surface area contributed by atoms with E-state index in [0.29, 0.717) is 35.1 Å². The van der Waals surface area contributed by atoms with E-state index in [1.165, 1.54) is 0 Å². The molecule has 1 unspecified atom stereocenters. The molecular formula is C24H25NO4Si. The molecule has 0 saturated carbocycles. The van der Waals surface area contributed by atoms with Crippen molar-refractivity contribution in [3.63, 3.8) is 0 Å². The van der Waals surface area contributed by atoms with E-state index >= 15 is 0 Å². The van der Waals surface area contributed by atoms with Crippen LogP contribution >= 0.6 is 0 Å². The first kappa shape index (κ1) is 20.5. The van der Waals surface area contributed by atoms with E-state index in [4.69, 9.17) is 4.43 Å². The molecule has 0 spiro atoms. The highest BCUT2D eigenvalue weighted by Gasteiger charge is 2.50. The number of hydrogen-bond acceptors (Lipinski definition) is 5. The van der Waals surface area contributed by atoms with Crippen molar-refractivity contribution in [1.82, 2.24) is 0 Å². The molecule has 0 bridgehead atoms. The van der Waals surface area contributed by atoms with Gasteiger partial charge in [0, 0.05) is 33.7 Å². The average Bonchev–Trinajstić information content (AvgIpc) is 2.71. The molecule has 2 aromatic carbocycles. The van der Waals surface area contributed by atoms with E-state index in [9.17, 15) is 20.0 Å². The second kappa shape index (κ2) is 6.90. The molecule has 0 radical (unpaired) electrons. The van der Waals surface area contributed by atoms with Crippen molar-refractivity contribution in [3.8, 4) is 11.8 Å². The lowest BCUT2D eigenvalue weighted by molar-refractivity contribution is 0.0352. The molecule has 0 aliphatic heterocycles. The highest BCUT2D eigenvalue weighted by Crippen LogP contribution is 2.50. The summed E-state index contributed by atoms with van der Waals surface area (Å²) >= 11 is 0. The number of phenols is 1. The zero-order valence-electron chi connectivity index (χ0n) is 17.7. The fourth-order valence-corrected chi connectivity index (χ4v) is 6.18. The van der Waals surface area contributed by atoms with Crippen LogP contribution < -0.4 is 0 Å². The first-order chi connectivity index (χ1) is 14.1. The van der Waals surface area contributed by atoms with Crippen LogP contribution in [0.25, 0.3) is 0 Å². The van der Waals surface area contributed by atoms with Crippen molar-refractivity contribution in [1.29, 1.82) is 5.26 Å². The predicted octanol–water partition coefficient (Wildman–Crippen LogP) is 4.71. The van der Waals surface area contributed by atoms with Crippen LogP contribution in [0.15, 0.2) is 30.3 Å². The van der Waals surface area contributed by atoms with E-state index in [2.05, 4.69) is 6.07 Å². The first-order valence-electron chi connectivity index (χ1n) is 10.3. The van der Waals surface area contributed by atoms with Gasteiger partial charge in [0.05, 0.1) is 5.56 Å². The third-order valence-corrected chi connectivity index (χ3v) is 7.07. The molecular weight excluding hydrogens is 394 g/mol. The van der Waals surface area contributed by atoms with Gasteiger partial charge in [0.25, 0.3) is 0 Å². The van der Waals surface area contributed by atoms with Crippen molar-refractivity contribution in [2.24, 2.45) is 5.92 Å². The van der Waals surface area contributed by atoms with Crippen molar-refractivity contribution >= 4 is 19.9 Å². The molecule has 2 aromatic rings. The van der Waals surface area contributed by atoms with Gasteiger partial charge in [-0.2, -0.15) is 5.26 Å². The maximum atomic E-state index is 13.2. The minimum atomic E-state index is -2.16. The molecule has 1 N–H and O–H groups in total. The van der Waals surface area contributed by atoms with Gasteiger partial charge in [-0.25, -0.2) is 0 Å². The number of hydrogen-bond donors (Lipinski definition) is 1. The summed E-state index contributed by atoms with van der Waals surface area (Å²) in [7, 11) is -2.16. The average molecular weight is 420 g/mol. The third kappa shape index (κ3) is 2.84. The van der Waals surface area contributed by atoms with Gasteiger partial charge < -0.3 is 9.53 Å². The van der Waals surface area contributed by atoms with Gasteiger partial charge >= 0.3 is 0 Å². The summed E-state index contributed by atoms with van der Waals surface area (Å²) in [6.45, 7) is 8.10. The zero-order valence-corrected chi connectivity index (χ0v) is 18.7. The molecule has 0 amide bonds. The summed E-state index contributed by atoms with van der Waals surface area (Å²) in [5.74, 6) is -0.895. The molecule has 2 aliphatic rings. The van der Waals surface area contributed by atoms with Crippen LogP contribution in [0.1, 0.15) is 62.7 Å². The smallest absolute Gasteiger partial charge is 0.198 e. The Morgan fingerprint density at radius 1 is 1.17 bits per heavy atom. The van der Waals surface area contributed by atoms with Crippen LogP contribution in [-0.2, 0) is 16.4 Å². The summed E-state index contributed by atoms with van der Waals surface area (Å²) in [4.78, 5) is 26.4. The molecule has 0 saturated heterocycles. The van der Waals surface area contributed by atoms with E-state index in [1.807, 2.05) is 26.6 Å². The quantitative estimate of drug-likeness (QED) is 0.621. The second-order valence-electron chi connectivity index (χ2n) is 9.08. The molecule has 0 fully saturated rings. The molecule has 2 atom stereocenters. The summed E-state index contributed by atoms with van der Waals surface area (Å²) in [5.41, 5.74) is 0.696. The second-order valence-corrected chi connectivity index (χ2v) is 13.5. The fraction of sp³-hybridized carbons (Fsp3) is 0.375. The molecule has 0 aromatic heterocycles. The number of fused-ring (bicyclic) bond motifs is 3. The maximum absolute atomic E-state index is 13.2. The largest absolute Gasteiger partial charge is 0.507 e. The summed E-state index contributed by atoms with van der Waals surface area (Å²) < 4.78 is 6.49. The number of nitriles is 1. The molecule has 5 nitrogen and oxygen atoms in total. The molecule has 4 rings (SSSR count). The van der Waals surface area contributed by atoms with Crippen molar-refractivity contribution in [2.75, 3.05) is 0 Å². The van der Waals surface area contributed by atoms with Gasteiger partial charge in [-0.3, -0.25) is 9.59 Å². The molecule has 2 aliphatic carbocycles. The van der Waals surface area contributed by atoms with E-state index in [0.717, 1.165) is 6.42 Å². The summed E-state index contributed by atoms with van der Waals surface area (Å²) in [6.07, 6.45) is 1.95. The van der Waals surface area contributed by atoms with Gasteiger partial charge in [-0.1, -0.05) is 31.2 Å². The highest BCUT2D eigenvalue weighted by atomic mass is 28.4. The number of carbonyl (C=O) groups is 2. The standard InChI is InChI=1S/C24H25NO4Si/c1-5-14-10-11-17-19(24(14,13-25)29-30(2,3)4)12-18-20(23(17)28)22(27)16-9-7-6-8-15(16)21(18)26/h6-9,12,14,28H,5,10-11H2,1-4H3/t14-,24?/m1/s1. The fourth-order valence-electron chi connectivity index (χ4n) is 4.89. The Bertz CT molecular complexity index is 1130. The van der Waals surface area contributed by atoms with Crippen LogP contribution in [0.4, 0.5) is 0 Å². The number of carbonyl (C=O) groups excluding carboxylic acids is 2. The Morgan fingerprint density at radius 2 is 1.80 bits per heavy atom. The Labute approximate surface area is 177 Å². The lowest BCUT2D eigenvalue weighted by Crippen LogP contribution is -2.47. The number of benzene rings is 2. The van der Waals surface area contributed by atoms with Crippen LogP contribution in [0.2, 0.25) is 19.6 Å². The van der Waals surface area contributed by atoms with Crippen molar-refractivity contribution < 1.29 is 19.1 Å². The Balaban J connectivity index is 2.02. The normalized spacial score (nSPS) is 22.7. The monoisotopic (exact) mass is 419 g/mol. The predicted molar refractivity (Wildman–Crippen MR) is 115 cm³/mol. The molecule has 154 valence electrons. The lowest BCUT2D eigenvalue weighted by Gasteiger charge is -2.44. The third-order valence-electron chi connectivity index (χ3n) is 6.14. The number of phenolic OH excluding ortho intramolecular Hbond substituents is 1. The SMILES string of the molecule is CC[C@@H]1CCc2c(cc3c(c2O)C(=O)c2ccccc2C3=O)C1(C#N)O[Si](C)(C)C. The maximum Gasteiger partial charge on any atom is 0.198 e. The minimum Gasteiger partial charge on any atom is -0.507 e. The van der Waals surface area contributed by atoms with Crippen molar-refractivity contribution in [3.05, 3.63) is 63.7 Å². The van der Waals surface area contributed by atoms with E-state index in [-0.39, 0.29) is 34.4 Å². The van der Waals surface area contributed by atoms with Gasteiger partial charge in [0.1, 0.15) is 11.8 Å². The van der Waals surface area contributed by atoms with Gasteiger partial charge in [0.2, 0.25) is 0 Å². The topological polar surface area (TPSA) is 87.4 Å². The zero-order chi connectivity index (χ0) is 21.8. The number of aromatic hydroxyl groups is 1. The Morgan fingerprint density at radius 3 is 2.37 bits per heavy atom. The molecule has 0 heterocycles. The number of rotatable bonds is 3. The summed E-state index contributed by atoms with van der Waals surface area (Å²) in [5, 5.41) is 21.5. The van der Waals surface area contributed by atoms with Gasteiger partial charge in [-0.15, -0.1) is 0 Å². The van der Waals surface area contributed by atoms with Crippen LogP contribution in [0, 0.1) is 17.2 Å². The first-order valence-corrected chi connectivity index (χ1v) is 13.7. The number of ketones is 2. The van der Waals surface area contributed by atoms with Crippen molar-refractivity contribution in [2.45, 2.75) is 51.4 Å². The van der Waals surface area contributed by atoms with E-state index in [1.54, 1.807) is 30.3 Å².